The van der Waals surface area contributed by atoms with Crippen LogP contribution in [0.3, 0.4) is 0 Å². The summed E-state index contributed by atoms with van der Waals surface area (Å²) >= 11 is 0. The van der Waals surface area contributed by atoms with Crippen LogP contribution in [-0.4, -0.2) is 23.1 Å². The number of nitrogens with one attached hydrogen (secondary N) is 1. The first kappa shape index (κ1) is 15.4. The number of aromatic nitrogens is 2. The van der Waals surface area contributed by atoms with Gasteiger partial charge in [-0.25, -0.2) is 9.97 Å². The lowest BCUT2D eigenvalue weighted by Crippen LogP contribution is -2.20. The Bertz CT molecular complexity index is 417. The summed E-state index contributed by atoms with van der Waals surface area (Å²) in [5.41, 5.74) is 3.96. The Kier molecular flexibility index (Phi) is 5.53. The lowest BCUT2D eigenvalue weighted by Gasteiger charge is -2.14. The molecule has 2 atom stereocenters. The lowest BCUT2D eigenvalue weighted by molar-refractivity contribution is 0.659. The van der Waals surface area contributed by atoms with Crippen LogP contribution in [-0.2, 0) is 19.3 Å². The molecular formula is C17H29N3. The van der Waals surface area contributed by atoms with E-state index in [1.165, 1.54) is 29.8 Å². The van der Waals surface area contributed by atoms with Gasteiger partial charge in [0.25, 0.3) is 0 Å². The second-order valence-electron chi connectivity index (χ2n) is 5.98. The Balaban J connectivity index is 2.16. The fourth-order valence-electron chi connectivity index (χ4n) is 2.84. The molecule has 1 fully saturated rings. The average Bonchev–Trinajstić information content (AvgIpc) is 3.20. The van der Waals surface area contributed by atoms with Gasteiger partial charge >= 0.3 is 0 Å². The summed E-state index contributed by atoms with van der Waals surface area (Å²) in [4.78, 5) is 9.74. The third-order valence-electron chi connectivity index (χ3n) is 4.29. The zero-order valence-electron chi connectivity index (χ0n) is 13.5. The van der Waals surface area contributed by atoms with E-state index in [-0.39, 0.29) is 0 Å². The molecule has 20 heavy (non-hydrogen) atoms. The standard InChI is InChI=1S/C17H29N3/c1-5-9-18-10-8-13-15(6-2)19-17(14-11-12(14)4)20-16(13)7-3/h12,14,18H,5-11H2,1-4H3. The molecule has 1 heterocycles. The maximum Gasteiger partial charge on any atom is 0.132 e. The third kappa shape index (κ3) is 3.57. The summed E-state index contributed by atoms with van der Waals surface area (Å²) < 4.78 is 0. The van der Waals surface area contributed by atoms with E-state index in [2.05, 4.69) is 33.0 Å². The molecule has 112 valence electrons. The zero-order valence-corrected chi connectivity index (χ0v) is 13.5. The van der Waals surface area contributed by atoms with E-state index < -0.39 is 0 Å². The number of nitrogens with zero attached hydrogens (tertiary/aromatic N) is 2. The summed E-state index contributed by atoms with van der Waals surface area (Å²) in [6.45, 7) is 11.1. The molecule has 0 aromatic carbocycles. The third-order valence-corrected chi connectivity index (χ3v) is 4.29. The van der Waals surface area contributed by atoms with Crippen LogP contribution in [0, 0.1) is 5.92 Å². The molecule has 1 N–H and O–H groups in total. The van der Waals surface area contributed by atoms with Crippen LogP contribution in [0.5, 0.6) is 0 Å². The molecule has 1 aliphatic rings. The van der Waals surface area contributed by atoms with E-state index in [9.17, 15) is 0 Å². The summed E-state index contributed by atoms with van der Waals surface area (Å²) in [7, 11) is 0. The van der Waals surface area contributed by atoms with Crippen LogP contribution < -0.4 is 5.32 Å². The predicted octanol–water partition coefficient (Wildman–Crippen LogP) is 3.27. The molecule has 0 bridgehead atoms. The Morgan fingerprint density at radius 3 is 2.10 bits per heavy atom. The van der Waals surface area contributed by atoms with Crippen LogP contribution in [0.2, 0.25) is 0 Å². The van der Waals surface area contributed by atoms with Crippen LogP contribution in [0.4, 0.5) is 0 Å². The average molecular weight is 275 g/mol. The predicted molar refractivity (Wildman–Crippen MR) is 84.2 cm³/mol. The number of rotatable bonds is 8. The van der Waals surface area contributed by atoms with Gasteiger partial charge in [-0.15, -0.1) is 0 Å². The van der Waals surface area contributed by atoms with Gasteiger partial charge in [-0.05, 0) is 56.7 Å². The first-order valence-electron chi connectivity index (χ1n) is 8.30. The molecule has 1 saturated carbocycles. The highest BCUT2D eigenvalue weighted by Crippen LogP contribution is 2.45. The highest BCUT2D eigenvalue weighted by Gasteiger charge is 2.37. The molecule has 2 rings (SSSR count). The normalized spacial score (nSPS) is 21.2. The summed E-state index contributed by atoms with van der Waals surface area (Å²) in [5, 5.41) is 3.49. The van der Waals surface area contributed by atoms with E-state index in [4.69, 9.17) is 9.97 Å². The van der Waals surface area contributed by atoms with Gasteiger partial charge in [-0.3, -0.25) is 0 Å². The van der Waals surface area contributed by atoms with Crippen molar-refractivity contribution in [2.45, 2.75) is 65.7 Å². The van der Waals surface area contributed by atoms with Gasteiger partial charge < -0.3 is 5.32 Å². The lowest BCUT2D eigenvalue weighted by atomic mass is 10.0. The SMILES string of the molecule is CCCNCCc1c(CC)nc(C2CC2C)nc1CC. The van der Waals surface area contributed by atoms with Crippen molar-refractivity contribution < 1.29 is 0 Å². The number of hydrogen-bond donors (Lipinski definition) is 1. The maximum atomic E-state index is 4.87. The van der Waals surface area contributed by atoms with Crippen molar-refractivity contribution in [3.05, 3.63) is 22.8 Å². The van der Waals surface area contributed by atoms with Gasteiger partial charge in [-0.2, -0.15) is 0 Å². The van der Waals surface area contributed by atoms with E-state index in [0.29, 0.717) is 5.92 Å². The van der Waals surface area contributed by atoms with Gasteiger partial charge in [0, 0.05) is 17.3 Å². The van der Waals surface area contributed by atoms with Crippen LogP contribution >= 0.6 is 0 Å². The topological polar surface area (TPSA) is 37.8 Å². The van der Waals surface area contributed by atoms with Crippen molar-refractivity contribution in [2.75, 3.05) is 13.1 Å². The fourth-order valence-corrected chi connectivity index (χ4v) is 2.84. The van der Waals surface area contributed by atoms with Crippen molar-refractivity contribution >= 4 is 0 Å². The molecular weight excluding hydrogens is 246 g/mol. The van der Waals surface area contributed by atoms with E-state index in [0.717, 1.165) is 44.1 Å². The van der Waals surface area contributed by atoms with Crippen molar-refractivity contribution in [3.63, 3.8) is 0 Å². The van der Waals surface area contributed by atoms with Crippen LogP contribution in [0.15, 0.2) is 0 Å². The van der Waals surface area contributed by atoms with Crippen molar-refractivity contribution in [1.82, 2.24) is 15.3 Å². The number of aryl methyl sites for hydroxylation is 2. The van der Waals surface area contributed by atoms with Crippen molar-refractivity contribution in [3.8, 4) is 0 Å². The Hall–Kier alpha value is -0.960. The van der Waals surface area contributed by atoms with Crippen molar-refractivity contribution in [2.24, 2.45) is 5.92 Å². The van der Waals surface area contributed by atoms with Crippen LogP contribution in [0.1, 0.15) is 69.2 Å². The van der Waals surface area contributed by atoms with E-state index in [1.54, 1.807) is 0 Å². The molecule has 1 aromatic heterocycles. The summed E-state index contributed by atoms with van der Waals surface area (Å²) in [6.07, 6.45) is 5.56. The monoisotopic (exact) mass is 275 g/mol. The molecule has 0 saturated heterocycles. The maximum absolute atomic E-state index is 4.87. The van der Waals surface area contributed by atoms with E-state index >= 15 is 0 Å². The van der Waals surface area contributed by atoms with Gasteiger partial charge in [-0.1, -0.05) is 27.7 Å². The number of hydrogen-bond acceptors (Lipinski definition) is 3. The first-order valence-corrected chi connectivity index (χ1v) is 8.30. The fraction of sp³-hybridized carbons (Fsp3) is 0.765. The second kappa shape index (κ2) is 7.16. The van der Waals surface area contributed by atoms with Gasteiger partial charge in [0.2, 0.25) is 0 Å². The first-order chi connectivity index (χ1) is 9.71. The summed E-state index contributed by atoms with van der Waals surface area (Å²) in [5.74, 6) is 2.51. The molecule has 0 spiro atoms. The molecule has 2 unspecified atom stereocenters. The Morgan fingerprint density at radius 1 is 1.05 bits per heavy atom. The largest absolute Gasteiger partial charge is 0.316 e. The molecule has 0 radical (unpaired) electrons. The van der Waals surface area contributed by atoms with Crippen LogP contribution in [0.25, 0.3) is 0 Å². The van der Waals surface area contributed by atoms with Crippen molar-refractivity contribution in [1.29, 1.82) is 0 Å². The van der Waals surface area contributed by atoms with Gasteiger partial charge in [0.1, 0.15) is 5.82 Å². The minimum absolute atomic E-state index is 0.623. The minimum atomic E-state index is 0.623. The molecule has 1 aromatic rings. The Labute approximate surface area is 123 Å². The Morgan fingerprint density at radius 2 is 1.65 bits per heavy atom. The molecule has 1 aliphatic carbocycles. The molecule has 3 nitrogen and oxygen atoms in total. The smallest absolute Gasteiger partial charge is 0.132 e. The highest BCUT2D eigenvalue weighted by molar-refractivity contribution is 5.29. The molecule has 0 amide bonds. The second-order valence-corrected chi connectivity index (χ2v) is 5.98. The van der Waals surface area contributed by atoms with E-state index in [1.807, 2.05) is 0 Å². The highest BCUT2D eigenvalue weighted by atomic mass is 14.9. The summed E-state index contributed by atoms with van der Waals surface area (Å²) in [6, 6.07) is 0. The zero-order chi connectivity index (χ0) is 14.5. The van der Waals surface area contributed by atoms with Gasteiger partial charge in [0.15, 0.2) is 0 Å². The molecule has 3 heteroatoms. The minimum Gasteiger partial charge on any atom is -0.316 e. The quantitative estimate of drug-likeness (QED) is 0.740. The molecule has 0 aliphatic heterocycles. The van der Waals surface area contributed by atoms with Gasteiger partial charge in [0.05, 0.1) is 0 Å².